The molecule has 0 unspecified atom stereocenters. The SMILES string of the molecule is CNc1cc(C(=O)OC(C)(C)C)ccc1N1CCN(Cc2ccccc2-c2ccc(Cl)cc2)CC1. The van der Waals surface area contributed by atoms with Crippen molar-refractivity contribution in [2.24, 2.45) is 0 Å². The Bertz CT molecular complexity index is 1160. The Morgan fingerprint density at radius 2 is 1.66 bits per heavy atom. The molecule has 0 aromatic heterocycles. The Morgan fingerprint density at radius 3 is 2.31 bits per heavy atom. The lowest BCUT2D eigenvalue weighted by atomic mass is 9.99. The molecule has 1 N–H and O–H groups in total. The first-order valence-electron chi connectivity index (χ1n) is 12.1. The molecule has 1 aliphatic rings. The molecule has 0 radical (unpaired) electrons. The van der Waals surface area contributed by atoms with Crippen LogP contribution in [0.1, 0.15) is 36.7 Å². The van der Waals surface area contributed by atoms with Gasteiger partial charge in [0.1, 0.15) is 5.60 Å². The fraction of sp³-hybridized carbons (Fsp3) is 0.345. The number of halogens is 1. The van der Waals surface area contributed by atoms with Crippen molar-refractivity contribution in [3.8, 4) is 11.1 Å². The van der Waals surface area contributed by atoms with Crippen LogP contribution in [0.4, 0.5) is 11.4 Å². The number of rotatable bonds is 6. The summed E-state index contributed by atoms with van der Waals surface area (Å²) < 4.78 is 5.53. The maximum Gasteiger partial charge on any atom is 0.338 e. The van der Waals surface area contributed by atoms with Crippen LogP contribution >= 0.6 is 11.6 Å². The third-order valence-corrected chi connectivity index (χ3v) is 6.43. The summed E-state index contributed by atoms with van der Waals surface area (Å²) in [5, 5.41) is 4.01. The van der Waals surface area contributed by atoms with Crippen molar-refractivity contribution in [3.05, 3.63) is 82.9 Å². The minimum absolute atomic E-state index is 0.301. The number of hydrogen-bond donors (Lipinski definition) is 1. The Kier molecular flexibility index (Phi) is 7.68. The molecule has 0 aliphatic carbocycles. The summed E-state index contributed by atoms with van der Waals surface area (Å²) in [5.74, 6) is -0.301. The molecule has 184 valence electrons. The van der Waals surface area contributed by atoms with Crippen LogP contribution in [0.2, 0.25) is 5.02 Å². The molecule has 0 atom stereocenters. The van der Waals surface area contributed by atoms with Crippen molar-refractivity contribution in [1.29, 1.82) is 0 Å². The van der Waals surface area contributed by atoms with Crippen LogP contribution in [-0.4, -0.2) is 49.7 Å². The third-order valence-electron chi connectivity index (χ3n) is 6.18. The Hall–Kier alpha value is -3.02. The van der Waals surface area contributed by atoms with Gasteiger partial charge < -0.3 is 15.0 Å². The summed E-state index contributed by atoms with van der Waals surface area (Å²) in [5.41, 5.74) is 5.86. The average molecular weight is 492 g/mol. The number of hydrogen-bond acceptors (Lipinski definition) is 5. The monoisotopic (exact) mass is 491 g/mol. The summed E-state index contributed by atoms with van der Waals surface area (Å²) in [6.07, 6.45) is 0. The molecule has 3 aromatic rings. The van der Waals surface area contributed by atoms with Crippen LogP contribution in [0, 0.1) is 0 Å². The standard InChI is InChI=1S/C29H34ClN3O2/c1-29(2,3)35-28(34)22-11-14-27(26(19-22)31-4)33-17-15-32(16-18-33)20-23-7-5-6-8-25(23)21-9-12-24(30)13-10-21/h5-14,19,31H,15-18,20H2,1-4H3. The van der Waals surface area contributed by atoms with Gasteiger partial charge in [0.15, 0.2) is 0 Å². The van der Waals surface area contributed by atoms with Gasteiger partial charge in [-0.1, -0.05) is 48.0 Å². The van der Waals surface area contributed by atoms with Gasteiger partial charge in [-0.15, -0.1) is 0 Å². The van der Waals surface area contributed by atoms with E-state index in [0.29, 0.717) is 5.56 Å². The summed E-state index contributed by atoms with van der Waals surface area (Å²) in [6, 6.07) is 22.4. The second-order valence-corrected chi connectivity index (χ2v) is 10.3. The van der Waals surface area contributed by atoms with Crippen LogP contribution < -0.4 is 10.2 Å². The van der Waals surface area contributed by atoms with E-state index in [1.165, 1.54) is 16.7 Å². The van der Waals surface area contributed by atoms with Gasteiger partial charge in [0.25, 0.3) is 0 Å². The third kappa shape index (κ3) is 6.36. The van der Waals surface area contributed by atoms with Gasteiger partial charge in [0, 0.05) is 44.8 Å². The summed E-state index contributed by atoms with van der Waals surface area (Å²) >= 11 is 6.09. The van der Waals surface area contributed by atoms with Crippen LogP contribution in [0.5, 0.6) is 0 Å². The molecule has 0 saturated carbocycles. The van der Waals surface area contributed by atoms with E-state index in [1.807, 2.05) is 58.2 Å². The highest BCUT2D eigenvalue weighted by Gasteiger charge is 2.23. The molecule has 1 saturated heterocycles. The maximum atomic E-state index is 12.5. The Balaban J connectivity index is 1.42. The second kappa shape index (κ2) is 10.7. The van der Waals surface area contributed by atoms with Crippen molar-refractivity contribution in [1.82, 2.24) is 4.90 Å². The van der Waals surface area contributed by atoms with Crippen molar-refractivity contribution in [2.45, 2.75) is 32.9 Å². The fourth-order valence-corrected chi connectivity index (χ4v) is 4.56. The van der Waals surface area contributed by atoms with E-state index in [1.54, 1.807) is 0 Å². The number of ether oxygens (including phenoxy) is 1. The molecule has 35 heavy (non-hydrogen) atoms. The zero-order chi connectivity index (χ0) is 25.0. The highest BCUT2D eigenvalue weighted by molar-refractivity contribution is 6.30. The van der Waals surface area contributed by atoms with Crippen LogP contribution in [-0.2, 0) is 11.3 Å². The molecule has 1 aliphatic heterocycles. The van der Waals surface area contributed by atoms with Gasteiger partial charge in [-0.05, 0) is 67.8 Å². The van der Waals surface area contributed by atoms with Crippen LogP contribution in [0.25, 0.3) is 11.1 Å². The van der Waals surface area contributed by atoms with E-state index in [4.69, 9.17) is 16.3 Å². The summed E-state index contributed by atoms with van der Waals surface area (Å²) in [6.45, 7) is 10.3. The first-order valence-corrected chi connectivity index (χ1v) is 12.5. The largest absolute Gasteiger partial charge is 0.456 e. The highest BCUT2D eigenvalue weighted by atomic mass is 35.5. The minimum atomic E-state index is -0.516. The minimum Gasteiger partial charge on any atom is -0.456 e. The molecular weight excluding hydrogens is 458 g/mol. The van der Waals surface area contributed by atoms with Crippen molar-refractivity contribution < 1.29 is 9.53 Å². The number of carbonyl (C=O) groups excluding carboxylic acids is 1. The molecule has 6 heteroatoms. The zero-order valence-corrected chi connectivity index (χ0v) is 21.7. The Labute approximate surface area is 213 Å². The molecule has 0 amide bonds. The molecule has 0 bridgehead atoms. The summed E-state index contributed by atoms with van der Waals surface area (Å²) in [4.78, 5) is 17.4. The number of anilines is 2. The first-order chi connectivity index (χ1) is 16.7. The lowest BCUT2D eigenvalue weighted by molar-refractivity contribution is 0.00696. The smallest absolute Gasteiger partial charge is 0.338 e. The van der Waals surface area contributed by atoms with Crippen LogP contribution in [0.15, 0.2) is 66.7 Å². The highest BCUT2D eigenvalue weighted by Crippen LogP contribution is 2.30. The lowest BCUT2D eigenvalue weighted by Crippen LogP contribution is -2.46. The number of benzene rings is 3. The number of nitrogens with one attached hydrogen (secondary N) is 1. The topological polar surface area (TPSA) is 44.8 Å². The van der Waals surface area contributed by atoms with Crippen molar-refractivity contribution in [2.75, 3.05) is 43.4 Å². The van der Waals surface area contributed by atoms with E-state index in [2.05, 4.69) is 51.5 Å². The number of nitrogens with zero attached hydrogens (tertiary/aromatic N) is 2. The number of piperazine rings is 1. The average Bonchev–Trinajstić information content (AvgIpc) is 2.84. The molecule has 4 rings (SSSR count). The number of esters is 1. The van der Waals surface area contributed by atoms with Crippen molar-refractivity contribution in [3.63, 3.8) is 0 Å². The predicted octanol–water partition coefficient (Wildman–Crippen LogP) is 6.33. The lowest BCUT2D eigenvalue weighted by Gasteiger charge is -2.37. The molecular formula is C29H34ClN3O2. The molecule has 0 spiro atoms. The summed E-state index contributed by atoms with van der Waals surface area (Å²) in [7, 11) is 1.89. The van der Waals surface area contributed by atoms with Crippen molar-refractivity contribution >= 4 is 28.9 Å². The van der Waals surface area contributed by atoms with E-state index in [-0.39, 0.29) is 5.97 Å². The van der Waals surface area contributed by atoms with Gasteiger partial charge in [0.05, 0.1) is 16.9 Å². The molecule has 1 fully saturated rings. The molecule has 1 heterocycles. The van der Waals surface area contributed by atoms with E-state index in [0.717, 1.165) is 49.1 Å². The van der Waals surface area contributed by atoms with E-state index >= 15 is 0 Å². The van der Waals surface area contributed by atoms with Gasteiger partial charge in [0.2, 0.25) is 0 Å². The maximum absolute atomic E-state index is 12.5. The molecule has 5 nitrogen and oxygen atoms in total. The second-order valence-electron chi connectivity index (χ2n) is 9.91. The Morgan fingerprint density at radius 1 is 0.971 bits per heavy atom. The van der Waals surface area contributed by atoms with Gasteiger partial charge in [-0.25, -0.2) is 4.79 Å². The van der Waals surface area contributed by atoms with Gasteiger partial charge in [-0.2, -0.15) is 0 Å². The predicted molar refractivity (Wildman–Crippen MR) is 146 cm³/mol. The quantitative estimate of drug-likeness (QED) is 0.408. The molecule has 3 aromatic carbocycles. The zero-order valence-electron chi connectivity index (χ0n) is 21.0. The first kappa shape index (κ1) is 25.1. The normalized spacial score (nSPS) is 14.6. The van der Waals surface area contributed by atoms with Gasteiger partial charge in [-0.3, -0.25) is 4.90 Å². The van der Waals surface area contributed by atoms with E-state index in [9.17, 15) is 4.79 Å². The van der Waals surface area contributed by atoms with Gasteiger partial charge >= 0.3 is 5.97 Å². The van der Waals surface area contributed by atoms with E-state index < -0.39 is 5.60 Å². The number of carbonyl (C=O) groups is 1. The fourth-order valence-electron chi connectivity index (χ4n) is 4.43. The van der Waals surface area contributed by atoms with Crippen LogP contribution in [0.3, 0.4) is 0 Å².